The van der Waals surface area contributed by atoms with Gasteiger partial charge in [0.05, 0.1) is 0 Å². The normalized spacial score (nSPS) is 9.71. The molecule has 0 aliphatic carbocycles. The molecule has 0 spiro atoms. The maximum absolute atomic E-state index is 8.52. The summed E-state index contributed by atoms with van der Waals surface area (Å²) in [4.78, 5) is 0. The molecule has 0 saturated carbocycles. The molecule has 1 aromatic rings. The average molecular weight is 319 g/mol. The molecule has 1 rings (SSSR count). The summed E-state index contributed by atoms with van der Waals surface area (Å²) in [7, 11) is 0. The number of nitrogens with zero attached hydrogens (tertiary/aromatic N) is 1. The van der Waals surface area contributed by atoms with Crippen LogP contribution >= 0.6 is 31.9 Å². The lowest BCUT2D eigenvalue weighted by atomic mass is 10.1. The van der Waals surface area contributed by atoms with Crippen molar-refractivity contribution in [2.24, 2.45) is 0 Å². The molecule has 1 aromatic carbocycles. The fourth-order valence-corrected chi connectivity index (χ4v) is 2.36. The molecule has 0 aromatic heterocycles. The third kappa shape index (κ3) is 1.79. The summed E-state index contributed by atoms with van der Waals surface area (Å²) < 4.78 is 6.87. The largest absolute Gasteiger partial charge is 0.387 e. The van der Waals surface area contributed by atoms with E-state index in [-0.39, 0.29) is 0 Å². The Hall–Kier alpha value is -0.530. The number of benzene rings is 1. The lowest BCUT2D eigenvalue weighted by Gasteiger charge is -2.13. The molecule has 0 N–H and O–H groups in total. The maximum Gasteiger partial charge on any atom is 0.292 e. The minimum absolute atomic E-state index is 0.622. The first-order chi connectivity index (χ1) is 6.50. The maximum atomic E-state index is 8.52. The van der Waals surface area contributed by atoms with E-state index in [9.17, 15) is 0 Å². The molecule has 0 fully saturated rings. The Labute approximate surface area is 100 Å². The van der Waals surface area contributed by atoms with Crippen molar-refractivity contribution in [3.05, 3.63) is 25.6 Å². The van der Waals surface area contributed by atoms with Crippen LogP contribution in [0.3, 0.4) is 0 Å². The minimum Gasteiger partial charge on any atom is -0.387 e. The lowest BCUT2D eigenvalue weighted by molar-refractivity contribution is 0.497. The standard InChI is InChI=1S/C10H9Br2NO/c1-5-8(11)6(2)10(14-4-13)7(3)9(5)12/h1-3H3. The van der Waals surface area contributed by atoms with Crippen molar-refractivity contribution < 1.29 is 4.74 Å². The molecule has 14 heavy (non-hydrogen) atoms. The number of nitriles is 1. The predicted octanol–water partition coefficient (Wildman–Crippen LogP) is 4.00. The molecule has 0 radical (unpaired) electrons. The van der Waals surface area contributed by atoms with Crippen molar-refractivity contribution in [1.29, 1.82) is 5.26 Å². The molecule has 0 aliphatic heterocycles. The zero-order chi connectivity index (χ0) is 10.9. The summed E-state index contributed by atoms with van der Waals surface area (Å²) in [5.74, 6) is 0.622. The molecular weight excluding hydrogens is 310 g/mol. The van der Waals surface area contributed by atoms with Crippen LogP contribution in [0.2, 0.25) is 0 Å². The quantitative estimate of drug-likeness (QED) is 0.733. The van der Waals surface area contributed by atoms with Crippen molar-refractivity contribution in [3.8, 4) is 12.0 Å². The van der Waals surface area contributed by atoms with E-state index >= 15 is 0 Å². The summed E-state index contributed by atoms with van der Waals surface area (Å²) in [6, 6.07) is 0. The van der Waals surface area contributed by atoms with E-state index in [0.717, 1.165) is 25.6 Å². The Balaban J connectivity index is 3.53. The summed E-state index contributed by atoms with van der Waals surface area (Å²) in [5, 5.41) is 8.52. The lowest BCUT2D eigenvalue weighted by Crippen LogP contribution is -1.95. The van der Waals surface area contributed by atoms with Crippen LogP contribution in [0.15, 0.2) is 8.95 Å². The van der Waals surface area contributed by atoms with Crippen LogP contribution in [0.25, 0.3) is 0 Å². The SMILES string of the molecule is Cc1c(Br)c(C)c(OC#N)c(C)c1Br. The summed E-state index contributed by atoms with van der Waals surface area (Å²) >= 11 is 6.93. The molecule has 0 atom stereocenters. The highest BCUT2D eigenvalue weighted by Crippen LogP contribution is 2.38. The Bertz CT molecular complexity index is 392. The molecule has 0 bridgehead atoms. The first-order valence-corrected chi connectivity index (χ1v) is 5.60. The average Bonchev–Trinajstić information content (AvgIpc) is 2.19. The molecule has 0 unspecified atom stereocenters. The molecule has 74 valence electrons. The van der Waals surface area contributed by atoms with Gasteiger partial charge in [0.1, 0.15) is 5.75 Å². The van der Waals surface area contributed by atoms with E-state index < -0.39 is 0 Å². The molecule has 4 heteroatoms. The van der Waals surface area contributed by atoms with Crippen LogP contribution in [0.4, 0.5) is 0 Å². The van der Waals surface area contributed by atoms with Crippen molar-refractivity contribution in [3.63, 3.8) is 0 Å². The monoisotopic (exact) mass is 317 g/mol. The highest BCUT2D eigenvalue weighted by Gasteiger charge is 2.15. The molecule has 0 heterocycles. The van der Waals surface area contributed by atoms with E-state index in [1.165, 1.54) is 0 Å². The van der Waals surface area contributed by atoms with Crippen LogP contribution in [0, 0.1) is 32.3 Å². The van der Waals surface area contributed by atoms with Crippen molar-refractivity contribution in [2.45, 2.75) is 20.8 Å². The van der Waals surface area contributed by atoms with Gasteiger partial charge in [-0.05, 0) is 26.3 Å². The van der Waals surface area contributed by atoms with E-state index in [1.54, 1.807) is 6.26 Å². The van der Waals surface area contributed by atoms with Crippen LogP contribution in [-0.2, 0) is 0 Å². The molecular formula is C10H9Br2NO. The van der Waals surface area contributed by atoms with Crippen LogP contribution in [0.1, 0.15) is 16.7 Å². The van der Waals surface area contributed by atoms with Crippen LogP contribution in [0.5, 0.6) is 5.75 Å². The number of ether oxygens (including phenoxy) is 1. The smallest absolute Gasteiger partial charge is 0.292 e. The van der Waals surface area contributed by atoms with Crippen LogP contribution < -0.4 is 4.74 Å². The van der Waals surface area contributed by atoms with E-state index in [0.29, 0.717) is 5.75 Å². The Morgan fingerprint density at radius 1 is 1.00 bits per heavy atom. The van der Waals surface area contributed by atoms with Gasteiger partial charge in [-0.25, -0.2) is 0 Å². The Morgan fingerprint density at radius 2 is 1.43 bits per heavy atom. The Morgan fingerprint density at radius 3 is 1.79 bits per heavy atom. The topological polar surface area (TPSA) is 33.0 Å². The molecule has 0 amide bonds. The van der Waals surface area contributed by atoms with Gasteiger partial charge in [-0.15, -0.1) is 5.26 Å². The highest BCUT2D eigenvalue weighted by molar-refractivity contribution is 9.11. The second-order valence-electron chi connectivity index (χ2n) is 3.03. The van der Waals surface area contributed by atoms with Gasteiger partial charge >= 0.3 is 0 Å². The van der Waals surface area contributed by atoms with Gasteiger partial charge in [0.2, 0.25) is 0 Å². The second kappa shape index (κ2) is 4.33. The first-order valence-electron chi connectivity index (χ1n) is 4.01. The van der Waals surface area contributed by atoms with Crippen molar-refractivity contribution >= 4 is 31.9 Å². The third-order valence-corrected chi connectivity index (χ3v) is 4.52. The summed E-state index contributed by atoms with van der Waals surface area (Å²) in [6.45, 7) is 5.84. The second-order valence-corrected chi connectivity index (χ2v) is 4.61. The van der Waals surface area contributed by atoms with Gasteiger partial charge in [0, 0.05) is 20.1 Å². The molecule has 0 aliphatic rings. The molecule has 0 saturated heterocycles. The van der Waals surface area contributed by atoms with Crippen molar-refractivity contribution in [2.75, 3.05) is 0 Å². The van der Waals surface area contributed by atoms with Crippen molar-refractivity contribution in [1.82, 2.24) is 0 Å². The van der Waals surface area contributed by atoms with E-state index in [4.69, 9.17) is 10.00 Å². The van der Waals surface area contributed by atoms with Gasteiger partial charge in [-0.2, -0.15) is 0 Å². The van der Waals surface area contributed by atoms with Gasteiger partial charge in [-0.3, -0.25) is 0 Å². The number of hydrogen-bond acceptors (Lipinski definition) is 2. The van der Waals surface area contributed by atoms with Gasteiger partial charge < -0.3 is 4.74 Å². The number of rotatable bonds is 1. The number of hydrogen-bond donors (Lipinski definition) is 0. The van der Waals surface area contributed by atoms with Gasteiger partial charge in [0.25, 0.3) is 6.26 Å². The van der Waals surface area contributed by atoms with Gasteiger partial charge in [0.15, 0.2) is 0 Å². The minimum atomic E-state index is 0.622. The van der Waals surface area contributed by atoms with E-state index in [2.05, 4.69) is 31.9 Å². The fourth-order valence-electron chi connectivity index (χ4n) is 1.34. The van der Waals surface area contributed by atoms with E-state index in [1.807, 2.05) is 20.8 Å². The molecule has 2 nitrogen and oxygen atoms in total. The zero-order valence-electron chi connectivity index (χ0n) is 8.11. The van der Waals surface area contributed by atoms with Gasteiger partial charge in [-0.1, -0.05) is 31.9 Å². The summed E-state index contributed by atoms with van der Waals surface area (Å²) in [6.07, 6.45) is 1.70. The number of halogens is 2. The predicted molar refractivity (Wildman–Crippen MR) is 62.3 cm³/mol. The Kier molecular flexibility index (Phi) is 3.57. The third-order valence-electron chi connectivity index (χ3n) is 2.15. The summed E-state index contributed by atoms with van der Waals surface area (Å²) in [5.41, 5.74) is 3.01. The van der Waals surface area contributed by atoms with Crippen LogP contribution in [-0.4, -0.2) is 0 Å². The fraction of sp³-hybridized carbons (Fsp3) is 0.300. The first kappa shape index (κ1) is 11.5. The zero-order valence-corrected chi connectivity index (χ0v) is 11.3. The highest BCUT2D eigenvalue weighted by atomic mass is 79.9.